The maximum Gasteiger partial charge on any atom is 0.0796 e. The van der Waals surface area contributed by atoms with Crippen molar-refractivity contribution in [3.05, 3.63) is 17.0 Å². The van der Waals surface area contributed by atoms with Crippen molar-refractivity contribution >= 4 is 0 Å². The molecule has 0 radical (unpaired) electrons. The van der Waals surface area contributed by atoms with E-state index in [1.165, 1.54) is 75.1 Å². The van der Waals surface area contributed by atoms with Crippen LogP contribution in [0.1, 0.15) is 42.6 Å². The molecule has 1 N–H and O–H groups in total. The van der Waals surface area contributed by atoms with Gasteiger partial charge >= 0.3 is 0 Å². The SMILES string of the molecule is CN(CCN1C[C@@H]2CC[C@H]1C2)Cc1n[nH]c2c1CCC2. The van der Waals surface area contributed by atoms with Crippen LogP contribution in [-0.4, -0.2) is 52.7 Å². The fraction of sp³-hybridized carbons (Fsp3) is 0.812. The van der Waals surface area contributed by atoms with Crippen LogP contribution in [-0.2, 0) is 19.4 Å². The Hall–Kier alpha value is -0.870. The van der Waals surface area contributed by atoms with E-state index in [9.17, 15) is 0 Å². The molecular formula is C16H26N4. The third-order valence-corrected chi connectivity index (χ3v) is 5.60. The number of nitrogens with one attached hydrogen (secondary N) is 1. The van der Waals surface area contributed by atoms with E-state index in [2.05, 4.69) is 27.0 Å². The van der Waals surface area contributed by atoms with Crippen LogP contribution in [0.5, 0.6) is 0 Å². The molecule has 2 atom stereocenters. The summed E-state index contributed by atoms with van der Waals surface area (Å²) in [5, 5.41) is 7.74. The summed E-state index contributed by atoms with van der Waals surface area (Å²) in [6.07, 6.45) is 8.12. The standard InChI is InChI=1S/C16H26N4/c1-19(7-8-20-10-12-5-6-13(20)9-12)11-16-14-3-2-4-15(14)17-18-16/h12-13H,2-11H2,1H3,(H,17,18)/t12-,13+/m1/s1. The largest absolute Gasteiger partial charge is 0.299 e. The van der Waals surface area contributed by atoms with Crippen molar-refractivity contribution in [2.45, 2.75) is 51.1 Å². The number of likely N-dealkylation sites (N-methyl/N-ethyl adjacent to an activating group) is 1. The third kappa shape index (κ3) is 2.29. The van der Waals surface area contributed by atoms with Gasteiger partial charge in [0.05, 0.1) is 5.69 Å². The van der Waals surface area contributed by atoms with Gasteiger partial charge in [-0.15, -0.1) is 0 Å². The summed E-state index contributed by atoms with van der Waals surface area (Å²) in [7, 11) is 2.24. The molecule has 110 valence electrons. The van der Waals surface area contributed by atoms with Crippen molar-refractivity contribution < 1.29 is 0 Å². The highest BCUT2D eigenvalue weighted by Gasteiger charge is 2.37. The summed E-state index contributed by atoms with van der Waals surface area (Å²) in [4.78, 5) is 5.17. The van der Waals surface area contributed by atoms with Gasteiger partial charge in [-0.05, 0) is 57.1 Å². The molecule has 0 unspecified atom stereocenters. The molecule has 1 saturated carbocycles. The number of aromatic nitrogens is 2. The van der Waals surface area contributed by atoms with Gasteiger partial charge in [-0.3, -0.25) is 14.9 Å². The van der Waals surface area contributed by atoms with Gasteiger partial charge in [-0.25, -0.2) is 0 Å². The van der Waals surface area contributed by atoms with E-state index in [0.29, 0.717) is 0 Å². The molecule has 2 fully saturated rings. The predicted molar refractivity (Wildman–Crippen MR) is 79.6 cm³/mol. The average Bonchev–Trinajstić information content (AvgIpc) is 3.18. The van der Waals surface area contributed by atoms with Gasteiger partial charge < -0.3 is 0 Å². The van der Waals surface area contributed by atoms with Gasteiger partial charge in [0.15, 0.2) is 0 Å². The molecule has 2 bridgehead atoms. The van der Waals surface area contributed by atoms with Gasteiger partial charge in [0.2, 0.25) is 0 Å². The van der Waals surface area contributed by atoms with E-state index >= 15 is 0 Å². The van der Waals surface area contributed by atoms with Gasteiger partial charge in [0, 0.05) is 37.9 Å². The Morgan fingerprint density at radius 2 is 2.30 bits per heavy atom. The first-order valence-corrected chi connectivity index (χ1v) is 8.27. The second-order valence-electron chi connectivity index (χ2n) is 7.05. The van der Waals surface area contributed by atoms with E-state index in [-0.39, 0.29) is 0 Å². The molecule has 1 aromatic heterocycles. The number of aromatic amines is 1. The van der Waals surface area contributed by atoms with Crippen LogP contribution >= 0.6 is 0 Å². The van der Waals surface area contributed by atoms with Crippen molar-refractivity contribution in [1.29, 1.82) is 0 Å². The summed E-state index contributed by atoms with van der Waals surface area (Å²) in [6.45, 7) is 4.78. The van der Waals surface area contributed by atoms with E-state index in [4.69, 9.17) is 0 Å². The molecule has 2 heterocycles. The lowest BCUT2D eigenvalue weighted by Gasteiger charge is -2.28. The monoisotopic (exact) mass is 274 g/mol. The predicted octanol–water partition coefficient (Wildman–Crippen LogP) is 1.81. The summed E-state index contributed by atoms with van der Waals surface area (Å²) >= 11 is 0. The zero-order chi connectivity index (χ0) is 13.5. The quantitative estimate of drug-likeness (QED) is 0.889. The number of rotatable bonds is 5. The minimum absolute atomic E-state index is 0.906. The Morgan fingerprint density at radius 3 is 3.10 bits per heavy atom. The number of likely N-dealkylation sites (tertiary alicyclic amines) is 1. The molecule has 4 heteroatoms. The lowest BCUT2D eigenvalue weighted by Crippen LogP contribution is -2.38. The zero-order valence-corrected chi connectivity index (χ0v) is 12.6. The lowest BCUT2D eigenvalue weighted by atomic mass is 10.1. The minimum atomic E-state index is 0.906. The Kier molecular flexibility index (Phi) is 3.31. The van der Waals surface area contributed by atoms with Gasteiger partial charge in [-0.1, -0.05) is 0 Å². The van der Waals surface area contributed by atoms with Crippen LogP contribution in [0.25, 0.3) is 0 Å². The van der Waals surface area contributed by atoms with E-state index < -0.39 is 0 Å². The molecular weight excluding hydrogens is 248 g/mol. The number of hydrogen-bond donors (Lipinski definition) is 1. The summed E-state index contributed by atoms with van der Waals surface area (Å²) in [5.74, 6) is 1.01. The van der Waals surface area contributed by atoms with Crippen LogP contribution in [0.3, 0.4) is 0 Å². The number of H-pyrrole nitrogens is 1. The highest BCUT2D eigenvalue weighted by Crippen LogP contribution is 2.36. The fourth-order valence-corrected chi connectivity index (χ4v) is 4.45. The lowest BCUT2D eigenvalue weighted by molar-refractivity contribution is 0.181. The molecule has 1 aliphatic heterocycles. The number of fused-ring (bicyclic) bond motifs is 3. The molecule has 0 spiro atoms. The first-order valence-electron chi connectivity index (χ1n) is 8.27. The van der Waals surface area contributed by atoms with Gasteiger partial charge in [-0.2, -0.15) is 5.10 Å². The Morgan fingerprint density at radius 1 is 1.35 bits per heavy atom. The first-order chi connectivity index (χ1) is 9.79. The molecule has 4 nitrogen and oxygen atoms in total. The highest BCUT2D eigenvalue weighted by molar-refractivity contribution is 5.29. The Bertz CT molecular complexity index is 481. The molecule has 0 aromatic carbocycles. The summed E-state index contributed by atoms with van der Waals surface area (Å²) < 4.78 is 0. The van der Waals surface area contributed by atoms with E-state index in [1.807, 2.05) is 0 Å². The molecule has 1 aromatic rings. The van der Waals surface area contributed by atoms with Crippen LogP contribution in [0.15, 0.2) is 0 Å². The Labute approximate surface area is 121 Å². The highest BCUT2D eigenvalue weighted by atomic mass is 15.2. The second kappa shape index (κ2) is 5.15. The number of aryl methyl sites for hydroxylation is 1. The average molecular weight is 274 g/mol. The van der Waals surface area contributed by atoms with Crippen LogP contribution < -0.4 is 0 Å². The second-order valence-corrected chi connectivity index (χ2v) is 7.05. The maximum absolute atomic E-state index is 4.52. The van der Waals surface area contributed by atoms with Crippen molar-refractivity contribution in [3.8, 4) is 0 Å². The van der Waals surface area contributed by atoms with Gasteiger partial charge in [0.25, 0.3) is 0 Å². The van der Waals surface area contributed by atoms with Crippen molar-refractivity contribution in [3.63, 3.8) is 0 Å². The normalized spacial score (nSPS) is 28.7. The first kappa shape index (κ1) is 12.8. The fourth-order valence-electron chi connectivity index (χ4n) is 4.45. The maximum atomic E-state index is 4.52. The topological polar surface area (TPSA) is 35.2 Å². The minimum Gasteiger partial charge on any atom is -0.299 e. The third-order valence-electron chi connectivity index (χ3n) is 5.60. The number of nitrogens with zero attached hydrogens (tertiary/aromatic N) is 3. The number of piperidine rings is 1. The van der Waals surface area contributed by atoms with Crippen molar-refractivity contribution in [1.82, 2.24) is 20.0 Å². The molecule has 4 rings (SSSR count). The van der Waals surface area contributed by atoms with Crippen LogP contribution in [0.2, 0.25) is 0 Å². The Balaban J connectivity index is 1.29. The van der Waals surface area contributed by atoms with Crippen molar-refractivity contribution in [2.75, 3.05) is 26.7 Å². The smallest absolute Gasteiger partial charge is 0.0796 e. The summed E-state index contributed by atoms with van der Waals surface area (Å²) in [6, 6.07) is 0.906. The molecule has 1 saturated heterocycles. The van der Waals surface area contributed by atoms with Crippen LogP contribution in [0.4, 0.5) is 0 Å². The number of hydrogen-bond acceptors (Lipinski definition) is 3. The van der Waals surface area contributed by atoms with E-state index in [1.54, 1.807) is 0 Å². The van der Waals surface area contributed by atoms with Crippen LogP contribution in [0, 0.1) is 5.92 Å². The molecule has 2 aliphatic carbocycles. The molecule has 3 aliphatic rings. The van der Waals surface area contributed by atoms with Gasteiger partial charge in [0.1, 0.15) is 0 Å². The molecule has 0 amide bonds. The van der Waals surface area contributed by atoms with Crippen molar-refractivity contribution in [2.24, 2.45) is 5.92 Å². The van der Waals surface area contributed by atoms with E-state index in [0.717, 1.165) is 18.5 Å². The molecule has 20 heavy (non-hydrogen) atoms. The summed E-state index contributed by atoms with van der Waals surface area (Å²) in [5.41, 5.74) is 4.20. The zero-order valence-electron chi connectivity index (χ0n) is 12.6.